The van der Waals surface area contributed by atoms with Crippen LogP contribution in [0, 0.1) is 5.41 Å². The smallest absolute Gasteiger partial charge is 0.0621 e. The summed E-state index contributed by atoms with van der Waals surface area (Å²) < 4.78 is 0. The fourth-order valence-electron chi connectivity index (χ4n) is 1.69. The first-order valence-corrected chi connectivity index (χ1v) is 6.91. The molecule has 0 aromatic rings. The van der Waals surface area contributed by atoms with Crippen LogP contribution in [0.5, 0.6) is 0 Å². The highest BCUT2D eigenvalue weighted by Gasteiger charge is 2.44. The van der Waals surface area contributed by atoms with Gasteiger partial charge in [0.2, 0.25) is 0 Å². The summed E-state index contributed by atoms with van der Waals surface area (Å²) in [5.41, 5.74) is 1.09. The molecule has 0 spiro atoms. The van der Waals surface area contributed by atoms with Crippen LogP contribution < -0.4 is 0 Å². The van der Waals surface area contributed by atoms with Gasteiger partial charge < -0.3 is 0 Å². The second-order valence-corrected chi connectivity index (χ2v) is 6.59. The molecule has 0 aromatic carbocycles. The lowest BCUT2D eigenvalue weighted by Crippen LogP contribution is -2.43. The molecule has 14 heavy (non-hydrogen) atoms. The molecular weight excluding hydrogens is 306 g/mol. The van der Waals surface area contributed by atoms with Crippen LogP contribution in [0.3, 0.4) is 0 Å². The summed E-state index contributed by atoms with van der Waals surface area (Å²) in [5.74, 6) is 0.477. The molecule has 0 heterocycles. The van der Waals surface area contributed by atoms with Gasteiger partial charge in [-0.2, -0.15) is 0 Å². The molecule has 0 nitrogen and oxygen atoms in total. The molecule has 0 N–H and O–H groups in total. The van der Waals surface area contributed by atoms with Crippen LogP contribution in [0.25, 0.3) is 0 Å². The second-order valence-electron chi connectivity index (χ2n) is 4.21. The lowest BCUT2D eigenvalue weighted by atomic mass is 9.74. The zero-order valence-corrected chi connectivity index (χ0v) is 12.1. The van der Waals surface area contributed by atoms with Crippen LogP contribution in [0.1, 0.15) is 20.3 Å². The molecule has 0 aliphatic heterocycles. The first kappa shape index (κ1) is 13.2. The van der Waals surface area contributed by atoms with Gasteiger partial charge in [0.1, 0.15) is 0 Å². The Hall–Kier alpha value is 1.09. The molecule has 1 fully saturated rings. The molecule has 1 aliphatic carbocycles. The summed E-state index contributed by atoms with van der Waals surface area (Å²) in [5, 5.41) is -0.0319. The lowest BCUT2D eigenvalue weighted by molar-refractivity contribution is 0.315. The Kier molecular flexibility index (Phi) is 4.65. The van der Waals surface area contributed by atoms with Crippen LogP contribution in [-0.2, 0) is 0 Å². The maximum Gasteiger partial charge on any atom is 0.0621 e. The van der Waals surface area contributed by atoms with E-state index in [0.717, 1.165) is 12.0 Å². The molecule has 3 atom stereocenters. The number of allylic oxidation sites excluding steroid dienone is 2. The molecule has 0 saturated heterocycles. The predicted octanol–water partition coefficient (Wildman–Crippen LogP) is 4.56. The SMILES string of the molecule is CC1(C)C(Br)CC(Cl)C(=CCCl)C1Cl. The number of rotatable bonds is 1. The lowest BCUT2D eigenvalue weighted by Gasteiger charge is -2.43. The largest absolute Gasteiger partial charge is 0.122 e. The summed E-state index contributed by atoms with van der Waals surface area (Å²) in [6.07, 6.45) is 2.85. The van der Waals surface area contributed by atoms with Crippen molar-refractivity contribution in [1.82, 2.24) is 0 Å². The third-order valence-electron chi connectivity index (χ3n) is 2.84. The van der Waals surface area contributed by atoms with Crippen molar-refractivity contribution in [3.05, 3.63) is 11.6 Å². The van der Waals surface area contributed by atoms with Crippen LogP contribution in [-0.4, -0.2) is 21.5 Å². The normalized spacial score (nSPS) is 40.1. The van der Waals surface area contributed by atoms with Gasteiger partial charge in [0.05, 0.1) is 10.8 Å². The minimum absolute atomic E-state index is 0.00801. The monoisotopic (exact) mass is 318 g/mol. The fraction of sp³-hybridized carbons (Fsp3) is 0.800. The van der Waals surface area contributed by atoms with Gasteiger partial charge in [-0.25, -0.2) is 0 Å². The Morgan fingerprint density at radius 2 is 2.07 bits per heavy atom. The first-order chi connectivity index (χ1) is 6.41. The van der Waals surface area contributed by atoms with Gasteiger partial charge in [0, 0.05) is 10.7 Å². The first-order valence-electron chi connectivity index (χ1n) is 4.59. The van der Waals surface area contributed by atoms with Gasteiger partial charge in [-0.05, 0) is 17.4 Å². The van der Waals surface area contributed by atoms with Crippen LogP contribution in [0.4, 0.5) is 0 Å². The van der Waals surface area contributed by atoms with Crippen LogP contribution >= 0.6 is 50.7 Å². The molecule has 0 radical (unpaired) electrons. The summed E-state index contributed by atoms with van der Waals surface area (Å²) in [4.78, 5) is 0.354. The predicted molar refractivity (Wildman–Crippen MR) is 69.2 cm³/mol. The fourth-order valence-corrected chi connectivity index (χ4v) is 3.72. The summed E-state index contributed by atoms with van der Waals surface area (Å²) in [6.45, 7) is 4.30. The number of halogens is 4. The average molecular weight is 320 g/mol. The average Bonchev–Trinajstić information content (AvgIpc) is 2.10. The summed E-state index contributed by atoms with van der Waals surface area (Å²) in [6, 6.07) is 0. The zero-order chi connectivity index (χ0) is 10.9. The van der Waals surface area contributed by atoms with Crippen LogP contribution in [0.15, 0.2) is 11.6 Å². The number of alkyl halides is 4. The van der Waals surface area contributed by atoms with E-state index in [0.29, 0.717) is 10.7 Å². The van der Waals surface area contributed by atoms with Crippen molar-refractivity contribution in [3.63, 3.8) is 0 Å². The van der Waals surface area contributed by atoms with Gasteiger partial charge >= 0.3 is 0 Å². The number of hydrogen-bond acceptors (Lipinski definition) is 0. The number of hydrogen-bond donors (Lipinski definition) is 0. The highest BCUT2D eigenvalue weighted by Crippen LogP contribution is 2.47. The van der Waals surface area contributed by atoms with Crippen LogP contribution in [0.2, 0.25) is 0 Å². The Labute approximate surface area is 109 Å². The Bertz CT molecular complexity index is 238. The van der Waals surface area contributed by atoms with Crippen molar-refractivity contribution in [2.75, 3.05) is 5.88 Å². The van der Waals surface area contributed by atoms with E-state index >= 15 is 0 Å². The molecule has 0 aromatic heterocycles. The van der Waals surface area contributed by atoms with Gasteiger partial charge in [-0.3, -0.25) is 0 Å². The van der Waals surface area contributed by atoms with Crippen molar-refractivity contribution in [1.29, 1.82) is 0 Å². The van der Waals surface area contributed by atoms with Gasteiger partial charge in [0.25, 0.3) is 0 Å². The van der Waals surface area contributed by atoms with E-state index < -0.39 is 0 Å². The van der Waals surface area contributed by atoms with E-state index in [1.807, 2.05) is 6.08 Å². The van der Waals surface area contributed by atoms with Crippen molar-refractivity contribution in [2.24, 2.45) is 5.41 Å². The standard InChI is InChI=1S/C10H14BrCl3/c1-10(2)8(11)5-7(13)6(3-4-12)9(10)14/h3,7-9H,4-5H2,1-2H3. The van der Waals surface area contributed by atoms with E-state index in [1.165, 1.54) is 0 Å². The van der Waals surface area contributed by atoms with Gasteiger partial charge in [0.15, 0.2) is 0 Å². The van der Waals surface area contributed by atoms with E-state index in [1.54, 1.807) is 0 Å². The van der Waals surface area contributed by atoms with E-state index in [4.69, 9.17) is 34.8 Å². The van der Waals surface area contributed by atoms with Crippen molar-refractivity contribution < 1.29 is 0 Å². The Morgan fingerprint density at radius 1 is 1.50 bits per heavy atom. The second kappa shape index (κ2) is 4.95. The third kappa shape index (κ3) is 2.42. The minimum Gasteiger partial charge on any atom is -0.122 e. The molecule has 1 saturated carbocycles. The highest BCUT2D eigenvalue weighted by atomic mass is 79.9. The van der Waals surface area contributed by atoms with E-state index in [-0.39, 0.29) is 16.2 Å². The maximum absolute atomic E-state index is 6.40. The maximum atomic E-state index is 6.40. The molecular formula is C10H14BrCl3. The minimum atomic E-state index is -0.0399. The van der Waals surface area contributed by atoms with Gasteiger partial charge in [-0.15, -0.1) is 34.8 Å². The Balaban J connectivity index is 2.95. The molecule has 0 bridgehead atoms. The molecule has 3 unspecified atom stereocenters. The molecule has 1 aliphatic rings. The molecule has 1 rings (SSSR count). The van der Waals surface area contributed by atoms with Crippen molar-refractivity contribution in [2.45, 2.75) is 35.8 Å². The summed E-state index contributed by atoms with van der Waals surface area (Å²) >= 11 is 22.0. The third-order valence-corrected chi connectivity index (χ3v) is 5.79. The quantitative estimate of drug-likeness (QED) is 0.491. The van der Waals surface area contributed by atoms with E-state index in [2.05, 4.69) is 29.8 Å². The van der Waals surface area contributed by atoms with E-state index in [9.17, 15) is 0 Å². The highest BCUT2D eigenvalue weighted by molar-refractivity contribution is 9.09. The van der Waals surface area contributed by atoms with Gasteiger partial charge in [-0.1, -0.05) is 35.9 Å². The molecule has 82 valence electrons. The van der Waals surface area contributed by atoms with Crippen molar-refractivity contribution in [3.8, 4) is 0 Å². The topological polar surface area (TPSA) is 0 Å². The zero-order valence-electron chi connectivity index (χ0n) is 8.24. The molecule has 4 heteroatoms. The molecule has 0 amide bonds. The Morgan fingerprint density at radius 3 is 2.57 bits per heavy atom. The van der Waals surface area contributed by atoms with Crippen molar-refractivity contribution >= 4 is 50.7 Å². The summed E-state index contributed by atoms with van der Waals surface area (Å²) in [7, 11) is 0.